The molecule has 0 unspecified atom stereocenters. The predicted octanol–water partition coefficient (Wildman–Crippen LogP) is 4.15. The lowest BCUT2D eigenvalue weighted by Crippen LogP contribution is -2.05. The number of oxazole rings is 1. The first-order valence-corrected chi connectivity index (χ1v) is 7.29. The van der Waals surface area contributed by atoms with Crippen molar-refractivity contribution < 1.29 is 13.9 Å². The van der Waals surface area contributed by atoms with Gasteiger partial charge >= 0.3 is 5.97 Å². The van der Waals surface area contributed by atoms with Gasteiger partial charge in [0.15, 0.2) is 0 Å². The molecule has 0 radical (unpaired) electrons. The number of benzene rings is 1. The fourth-order valence-electron chi connectivity index (χ4n) is 1.87. The van der Waals surface area contributed by atoms with Gasteiger partial charge in [0.1, 0.15) is 0 Å². The summed E-state index contributed by atoms with van der Waals surface area (Å²) < 4.78 is 11.5. The number of hydrogen-bond donors (Lipinski definition) is 0. The van der Waals surface area contributed by atoms with E-state index in [0.717, 1.165) is 15.6 Å². The largest absolute Gasteiger partial charge is 0.460 e. The molecule has 106 valence electrons. The van der Waals surface area contributed by atoms with Crippen LogP contribution in [-0.4, -0.2) is 17.6 Å². The molecule has 0 atom stereocenters. The normalized spacial score (nSPS) is 10.6. The SMILES string of the molecule is CCOC(=O)c1oc(-c2cc(C)ccc2Br)nc1CC. The number of ether oxygens (including phenoxy) is 1. The van der Waals surface area contributed by atoms with Crippen molar-refractivity contribution in [1.82, 2.24) is 4.98 Å². The molecule has 0 saturated heterocycles. The molecule has 0 fully saturated rings. The smallest absolute Gasteiger partial charge is 0.376 e. The minimum Gasteiger partial charge on any atom is -0.460 e. The van der Waals surface area contributed by atoms with Crippen LogP contribution in [0.15, 0.2) is 27.1 Å². The molecule has 0 aliphatic heterocycles. The van der Waals surface area contributed by atoms with Crippen molar-refractivity contribution in [3.8, 4) is 11.5 Å². The van der Waals surface area contributed by atoms with Crippen molar-refractivity contribution in [1.29, 1.82) is 0 Å². The summed E-state index contributed by atoms with van der Waals surface area (Å²) in [6, 6.07) is 5.89. The number of aryl methyl sites for hydroxylation is 2. The van der Waals surface area contributed by atoms with Crippen molar-refractivity contribution in [3.63, 3.8) is 0 Å². The fourth-order valence-corrected chi connectivity index (χ4v) is 2.28. The average molecular weight is 338 g/mol. The van der Waals surface area contributed by atoms with E-state index >= 15 is 0 Å². The van der Waals surface area contributed by atoms with E-state index in [2.05, 4.69) is 20.9 Å². The number of hydrogen-bond acceptors (Lipinski definition) is 4. The molecule has 2 aromatic rings. The second kappa shape index (κ2) is 6.22. The number of carbonyl (C=O) groups excluding carboxylic acids is 1. The molecule has 0 aliphatic rings. The van der Waals surface area contributed by atoms with Crippen LogP contribution in [0.1, 0.15) is 35.7 Å². The Balaban J connectivity index is 2.48. The highest BCUT2D eigenvalue weighted by atomic mass is 79.9. The fraction of sp³-hybridized carbons (Fsp3) is 0.333. The number of aromatic nitrogens is 1. The van der Waals surface area contributed by atoms with Crippen LogP contribution in [0.25, 0.3) is 11.5 Å². The number of nitrogens with zero attached hydrogens (tertiary/aromatic N) is 1. The van der Waals surface area contributed by atoms with Gasteiger partial charge in [-0.3, -0.25) is 0 Å². The van der Waals surface area contributed by atoms with Crippen molar-refractivity contribution in [2.45, 2.75) is 27.2 Å². The number of halogens is 1. The molecule has 0 amide bonds. The average Bonchev–Trinajstić information content (AvgIpc) is 2.86. The summed E-state index contributed by atoms with van der Waals surface area (Å²) in [6.45, 7) is 5.99. The lowest BCUT2D eigenvalue weighted by atomic mass is 10.1. The molecule has 1 heterocycles. The molecule has 20 heavy (non-hydrogen) atoms. The minimum absolute atomic E-state index is 0.192. The Morgan fingerprint density at radius 2 is 2.15 bits per heavy atom. The van der Waals surface area contributed by atoms with Crippen LogP contribution < -0.4 is 0 Å². The molecule has 5 heteroatoms. The van der Waals surface area contributed by atoms with Crippen LogP contribution in [0.4, 0.5) is 0 Å². The van der Waals surface area contributed by atoms with Crippen LogP contribution in [0.2, 0.25) is 0 Å². The molecule has 0 spiro atoms. The Labute approximate surface area is 126 Å². The maximum absolute atomic E-state index is 11.9. The summed E-state index contributed by atoms with van der Waals surface area (Å²) in [4.78, 5) is 16.3. The van der Waals surface area contributed by atoms with Gasteiger partial charge in [-0.1, -0.05) is 18.6 Å². The first-order chi connectivity index (χ1) is 9.56. The highest BCUT2D eigenvalue weighted by Gasteiger charge is 2.21. The van der Waals surface area contributed by atoms with Gasteiger partial charge in [-0.15, -0.1) is 0 Å². The van der Waals surface area contributed by atoms with E-state index in [1.54, 1.807) is 6.92 Å². The lowest BCUT2D eigenvalue weighted by molar-refractivity contribution is 0.0489. The third-order valence-electron chi connectivity index (χ3n) is 2.85. The van der Waals surface area contributed by atoms with Gasteiger partial charge in [-0.2, -0.15) is 0 Å². The van der Waals surface area contributed by atoms with Crippen LogP contribution in [-0.2, 0) is 11.2 Å². The van der Waals surface area contributed by atoms with Crippen LogP contribution >= 0.6 is 15.9 Å². The third-order valence-corrected chi connectivity index (χ3v) is 3.54. The molecule has 0 N–H and O–H groups in total. The zero-order chi connectivity index (χ0) is 14.7. The third kappa shape index (κ3) is 2.93. The Morgan fingerprint density at radius 3 is 2.80 bits per heavy atom. The first-order valence-electron chi connectivity index (χ1n) is 6.50. The summed E-state index contributed by atoms with van der Waals surface area (Å²) in [5, 5.41) is 0. The maximum atomic E-state index is 11.9. The second-order valence-corrected chi connectivity index (χ2v) is 5.21. The van der Waals surface area contributed by atoms with Gasteiger partial charge in [-0.25, -0.2) is 9.78 Å². The van der Waals surface area contributed by atoms with Gasteiger partial charge in [0.25, 0.3) is 0 Å². The van der Waals surface area contributed by atoms with Gasteiger partial charge in [0, 0.05) is 4.47 Å². The Hall–Kier alpha value is -1.62. The summed E-state index contributed by atoms with van der Waals surface area (Å²) in [7, 11) is 0. The van der Waals surface area contributed by atoms with Crippen LogP contribution in [0.5, 0.6) is 0 Å². The van der Waals surface area contributed by atoms with Crippen molar-refractivity contribution in [2.24, 2.45) is 0 Å². The Kier molecular flexibility index (Phi) is 4.60. The van der Waals surface area contributed by atoms with Gasteiger partial charge in [-0.05, 0) is 48.3 Å². The molecule has 1 aromatic heterocycles. The van der Waals surface area contributed by atoms with Gasteiger partial charge in [0.05, 0.1) is 17.9 Å². The maximum Gasteiger partial charge on any atom is 0.376 e. The van der Waals surface area contributed by atoms with E-state index in [9.17, 15) is 4.79 Å². The van der Waals surface area contributed by atoms with E-state index in [-0.39, 0.29) is 5.76 Å². The molecule has 1 aromatic carbocycles. The molecule has 4 nitrogen and oxygen atoms in total. The zero-order valence-corrected chi connectivity index (χ0v) is 13.3. The van der Waals surface area contributed by atoms with Crippen LogP contribution in [0, 0.1) is 6.92 Å². The Bertz CT molecular complexity index is 634. The summed E-state index contributed by atoms with van der Waals surface area (Å²) in [6.07, 6.45) is 0.612. The zero-order valence-electron chi connectivity index (χ0n) is 11.7. The highest BCUT2D eigenvalue weighted by molar-refractivity contribution is 9.10. The van der Waals surface area contributed by atoms with E-state index in [0.29, 0.717) is 24.6 Å². The van der Waals surface area contributed by atoms with Gasteiger partial charge in [0.2, 0.25) is 11.7 Å². The quantitative estimate of drug-likeness (QED) is 0.786. The molecular weight excluding hydrogens is 322 g/mol. The van der Waals surface area contributed by atoms with Crippen LogP contribution in [0.3, 0.4) is 0 Å². The minimum atomic E-state index is -0.466. The van der Waals surface area contributed by atoms with Crippen molar-refractivity contribution >= 4 is 21.9 Å². The van der Waals surface area contributed by atoms with Crippen molar-refractivity contribution in [3.05, 3.63) is 39.7 Å². The summed E-state index contributed by atoms with van der Waals surface area (Å²) >= 11 is 3.47. The highest BCUT2D eigenvalue weighted by Crippen LogP contribution is 2.30. The van der Waals surface area contributed by atoms with Gasteiger partial charge < -0.3 is 9.15 Å². The Morgan fingerprint density at radius 1 is 1.40 bits per heavy atom. The second-order valence-electron chi connectivity index (χ2n) is 4.35. The standard InChI is InChI=1S/C15H16BrNO3/c1-4-12-13(15(18)19-5-2)20-14(17-12)10-8-9(3)6-7-11(10)16/h6-8H,4-5H2,1-3H3. The number of rotatable bonds is 4. The molecule has 0 saturated carbocycles. The van der Waals surface area contributed by atoms with E-state index in [1.165, 1.54) is 0 Å². The lowest BCUT2D eigenvalue weighted by Gasteiger charge is -2.01. The topological polar surface area (TPSA) is 52.3 Å². The number of carbonyl (C=O) groups is 1. The summed E-state index contributed by atoms with van der Waals surface area (Å²) in [5.41, 5.74) is 2.54. The monoisotopic (exact) mass is 337 g/mol. The predicted molar refractivity (Wildman–Crippen MR) is 79.7 cm³/mol. The molecule has 0 aliphatic carbocycles. The molecule has 0 bridgehead atoms. The molecular formula is C15H16BrNO3. The number of esters is 1. The summed E-state index contributed by atoms with van der Waals surface area (Å²) in [5.74, 6) is 0.158. The molecule has 2 rings (SSSR count). The first kappa shape index (κ1) is 14.8. The van der Waals surface area contributed by atoms with Crippen molar-refractivity contribution in [2.75, 3.05) is 6.61 Å². The van der Waals surface area contributed by atoms with E-state index < -0.39 is 5.97 Å². The van der Waals surface area contributed by atoms with E-state index in [4.69, 9.17) is 9.15 Å². The van der Waals surface area contributed by atoms with E-state index in [1.807, 2.05) is 32.0 Å².